The van der Waals surface area contributed by atoms with Gasteiger partial charge in [0.2, 0.25) is 5.91 Å². The zero-order valence-corrected chi connectivity index (χ0v) is 17.9. The van der Waals surface area contributed by atoms with Gasteiger partial charge in [-0.1, -0.05) is 63.9 Å². The number of hydrogen-bond donors (Lipinski definition) is 1. The SMILES string of the molecule is CN1C(=NC2CCCCC2)SCC1CC(=O)Nc1ccc(C(C)(C)C)cc1. The number of rotatable bonds is 4. The molecule has 148 valence electrons. The number of nitrogens with one attached hydrogen (secondary N) is 1. The summed E-state index contributed by atoms with van der Waals surface area (Å²) in [6.07, 6.45) is 6.89. The van der Waals surface area contributed by atoms with Gasteiger partial charge in [0.1, 0.15) is 0 Å². The summed E-state index contributed by atoms with van der Waals surface area (Å²) in [5.41, 5.74) is 2.27. The summed E-state index contributed by atoms with van der Waals surface area (Å²) in [6.45, 7) is 6.59. The van der Waals surface area contributed by atoms with Crippen molar-refractivity contribution in [3.05, 3.63) is 29.8 Å². The molecule has 0 spiro atoms. The second kappa shape index (κ2) is 8.68. The fourth-order valence-corrected chi connectivity index (χ4v) is 4.97. The van der Waals surface area contributed by atoms with Crippen molar-refractivity contribution in [2.24, 2.45) is 4.99 Å². The molecule has 1 saturated heterocycles. The van der Waals surface area contributed by atoms with Crippen LogP contribution in [-0.4, -0.2) is 40.9 Å². The van der Waals surface area contributed by atoms with Crippen LogP contribution in [0.25, 0.3) is 0 Å². The molecule has 1 aliphatic heterocycles. The van der Waals surface area contributed by atoms with Crippen molar-refractivity contribution < 1.29 is 4.79 Å². The topological polar surface area (TPSA) is 44.7 Å². The Morgan fingerprint density at radius 1 is 1.19 bits per heavy atom. The minimum atomic E-state index is 0.0786. The Morgan fingerprint density at radius 3 is 2.48 bits per heavy atom. The number of amides is 1. The number of anilines is 1. The van der Waals surface area contributed by atoms with Crippen molar-refractivity contribution in [1.82, 2.24) is 4.90 Å². The predicted octanol–water partition coefficient (Wildman–Crippen LogP) is 5.05. The standard InChI is InChI=1S/C22H33N3OS/c1-22(2,3)16-10-12-18(13-11-16)23-20(26)14-19-15-27-21(25(19)4)24-17-8-6-5-7-9-17/h10-13,17,19H,5-9,14-15H2,1-4H3,(H,23,26). The zero-order chi connectivity index (χ0) is 19.4. The summed E-state index contributed by atoms with van der Waals surface area (Å²) >= 11 is 1.80. The van der Waals surface area contributed by atoms with Gasteiger partial charge < -0.3 is 10.2 Å². The van der Waals surface area contributed by atoms with Crippen LogP contribution in [0, 0.1) is 0 Å². The molecule has 2 aliphatic rings. The highest BCUT2D eigenvalue weighted by molar-refractivity contribution is 8.14. The van der Waals surface area contributed by atoms with Gasteiger partial charge in [0.15, 0.2) is 5.17 Å². The van der Waals surface area contributed by atoms with E-state index in [1.54, 1.807) is 11.8 Å². The van der Waals surface area contributed by atoms with Gasteiger partial charge in [0, 0.05) is 31.0 Å². The average Bonchev–Trinajstić information content (AvgIpc) is 2.95. The van der Waals surface area contributed by atoms with Crippen LogP contribution >= 0.6 is 11.8 Å². The fourth-order valence-electron chi connectivity index (χ4n) is 3.71. The highest BCUT2D eigenvalue weighted by Crippen LogP contribution is 2.29. The third-order valence-electron chi connectivity index (χ3n) is 5.58. The molecule has 27 heavy (non-hydrogen) atoms. The van der Waals surface area contributed by atoms with E-state index >= 15 is 0 Å². The van der Waals surface area contributed by atoms with Crippen LogP contribution in [0.3, 0.4) is 0 Å². The summed E-state index contributed by atoms with van der Waals surface area (Å²) in [5.74, 6) is 1.02. The van der Waals surface area contributed by atoms with E-state index in [0.717, 1.165) is 16.6 Å². The van der Waals surface area contributed by atoms with E-state index in [1.165, 1.54) is 37.7 Å². The molecule has 1 atom stereocenters. The van der Waals surface area contributed by atoms with Crippen LogP contribution in [0.1, 0.15) is 64.9 Å². The first-order valence-electron chi connectivity index (χ1n) is 10.2. The van der Waals surface area contributed by atoms with Gasteiger partial charge in [-0.3, -0.25) is 9.79 Å². The van der Waals surface area contributed by atoms with Gasteiger partial charge in [-0.05, 0) is 36.0 Å². The molecular formula is C22H33N3OS. The van der Waals surface area contributed by atoms with Crippen molar-refractivity contribution >= 4 is 28.5 Å². The Labute approximate surface area is 168 Å². The number of thioether (sulfide) groups is 1. The number of benzene rings is 1. The summed E-state index contributed by atoms with van der Waals surface area (Å²) in [7, 11) is 2.08. The summed E-state index contributed by atoms with van der Waals surface area (Å²) in [6, 6.07) is 8.91. The molecule has 0 aromatic heterocycles. The number of aliphatic imine (C=N–C) groups is 1. The summed E-state index contributed by atoms with van der Waals surface area (Å²) < 4.78 is 0. The third kappa shape index (κ3) is 5.50. The van der Waals surface area contributed by atoms with Crippen LogP contribution in [0.2, 0.25) is 0 Å². The van der Waals surface area contributed by atoms with Crippen molar-refractivity contribution in [3.8, 4) is 0 Å². The Morgan fingerprint density at radius 2 is 1.85 bits per heavy atom. The maximum Gasteiger partial charge on any atom is 0.226 e. The first-order chi connectivity index (χ1) is 12.8. The van der Waals surface area contributed by atoms with Crippen molar-refractivity contribution in [2.45, 2.75) is 76.8 Å². The molecule has 1 N–H and O–H groups in total. The van der Waals surface area contributed by atoms with Crippen LogP contribution in [0.4, 0.5) is 5.69 Å². The molecule has 1 heterocycles. The molecule has 1 saturated carbocycles. The number of nitrogens with zero attached hydrogens (tertiary/aromatic N) is 2. The minimum Gasteiger partial charge on any atom is -0.350 e. The molecule has 1 aliphatic carbocycles. The van der Waals surface area contributed by atoms with E-state index in [-0.39, 0.29) is 17.4 Å². The predicted molar refractivity (Wildman–Crippen MR) is 117 cm³/mol. The summed E-state index contributed by atoms with van der Waals surface area (Å²) in [4.78, 5) is 19.7. The second-order valence-electron chi connectivity index (χ2n) is 8.86. The van der Waals surface area contributed by atoms with Crippen LogP contribution < -0.4 is 5.32 Å². The first-order valence-corrected chi connectivity index (χ1v) is 11.2. The molecule has 1 unspecified atom stereocenters. The number of amidine groups is 1. The van der Waals surface area contributed by atoms with Gasteiger partial charge >= 0.3 is 0 Å². The average molecular weight is 388 g/mol. The molecule has 1 aromatic rings. The lowest BCUT2D eigenvalue weighted by Crippen LogP contribution is -2.34. The lowest BCUT2D eigenvalue weighted by molar-refractivity contribution is -0.116. The van der Waals surface area contributed by atoms with Crippen molar-refractivity contribution in [2.75, 3.05) is 18.1 Å². The van der Waals surface area contributed by atoms with E-state index in [9.17, 15) is 4.79 Å². The maximum atomic E-state index is 12.5. The monoisotopic (exact) mass is 387 g/mol. The largest absolute Gasteiger partial charge is 0.350 e. The lowest BCUT2D eigenvalue weighted by Gasteiger charge is -2.23. The van der Waals surface area contributed by atoms with E-state index < -0.39 is 0 Å². The molecule has 3 rings (SSSR count). The quantitative estimate of drug-likeness (QED) is 0.786. The maximum absolute atomic E-state index is 12.5. The molecule has 1 amide bonds. The fraction of sp³-hybridized carbons (Fsp3) is 0.636. The van der Waals surface area contributed by atoms with E-state index in [4.69, 9.17) is 4.99 Å². The summed E-state index contributed by atoms with van der Waals surface area (Å²) in [5, 5.41) is 4.17. The number of hydrogen-bond acceptors (Lipinski definition) is 3. The van der Waals surface area contributed by atoms with Gasteiger partial charge in [-0.2, -0.15) is 0 Å². The van der Waals surface area contributed by atoms with Gasteiger partial charge in [0.05, 0.1) is 6.04 Å². The Kier molecular flexibility index (Phi) is 6.51. The molecule has 0 radical (unpaired) electrons. The van der Waals surface area contributed by atoms with Gasteiger partial charge in [0.25, 0.3) is 0 Å². The van der Waals surface area contributed by atoms with Crippen molar-refractivity contribution in [3.63, 3.8) is 0 Å². The number of carbonyl (C=O) groups excluding carboxylic acids is 1. The Hall–Kier alpha value is -1.49. The molecule has 0 bridgehead atoms. The van der Waals surface area contributed by atoms with E-state index in [0.29, 0.717) is 12.5 Å². The van der Waals surface area contributed by atoms with E-state index in [1.807, 2.05) is 12.1 Å². The van der Waals surface area contributed by atoms with E-state index in [2.05, 4.69) is 50.2 Å². The van der Waals surface area contributed by atoms with Crippen molar-refractivity contribution in [1.29, 1.82) is 0 Å². The normalized spacial score (nSPS) is 23.0. The number of carbonyl (C=O) groups is 1. The molecular weight excluding hydrogens is 354 g/mol. The van der Waals surface area contributed by atoms with Crippen LogP contribution in [0.5, 0.6) is 0 Å². The lowest BCUT2D eigenvalue weighted by atomic mass is 9.87. The highest BCUT2D eigenvalue weighted by Gasteiger charge is 2.30. The highest BCUT2D eigenvalue weighted by atomic mass is 32.2. The minimum absolute atomic E-state index is 0.0786. The second-order valence-corrected chi connectivity index (χ2v) is 9.85. The van der Waals surface area contributed by atoms with Gasteiger partial charge in [-0.25, -0.2) is 0 Å². The van der Waals surface area contributed by atoms with Gasteiger partial charge in [-0.15, -0.1) is 0 Å². The molecule has 4 nitrogen and oxygen atoms in total. The van der Waals surface area contributed by atoms with Crippen LogP contribution in [-0.2, 0) is 10.2 Å². The zero-order valence-electron chi connectivity index (χ0n) is 17.1. The molecule has 5 heteroatoms. The first kappa shape index (κ1) is 20.2. The van der Waals surface area contributed by atoms with Crippen LogP contribution in [0.15, 0.2) is 29.3 Å². The Bertz CT molecular complexity index is 672. The molecule has 2 fully saturated rings. The molecule has 1 aromatic carbocycles. The Balaban J connectivity index is 1.53. The smallest absolute Gasteiger partial charge is 0.226 e. The third-order valence-corrected chi connectivity index (χ3v) is 6.78.